The minimum atomic E-state index is 0.703. The van der Waals surface area contributed by atoms with Gasteiger partial charge in [0.15, 0.2) is 0 Å². The van der Waals surface area contributed by atoms with Crippen molar-refractivity contribution in [3.05, 3.63) is 59.4 Å². The summed E-state index contributed by atoms with van der Waals surface area (Å²) in [5.74, 6) is 0.985. The molecule has 0 unspecified atom stereocenters. The van der Waals surface area contributed by atoms with E-state index in [1.807, 2.05) is 24.5 Å². The first kappa shape index (κ1) is 11.6. The average Bonchev–Trinajstić information content (AvgIpc) is 2.35. The Morgan fingerprint density at radius 2 is 1.82 bits per heavy atom. The number of ether oxygens (including phenoxy) is 1. The molecule has 88 valence electrons. The molecule has 0 saturated carbocycles. The van der Waals surface area contributed by atoms with Crippen molar-refractivity contribution in [2.24, 2.45) is 0 Å². The van der Waals surface area contributed by atoms with Crippen LogP contribution in [0.4, 0.5) is 0 Å². The summed E-state index contributed by atoms with van der Waals surface area (Å²) in [7, 11) is 0. The summed E-state index contributed by atoms with van der Waals surface area (Å²) in [6, 6.07) is 10.3. The van der Waals surface area contributed by atoms with Gasteiger partial charge in [-0.05, 0) is 48.7 Å². The fraction of sp³-hybridized carbons (Fsp3) is 0.267. The fourth-order valence-corrected chi connectivity index (χ4v) is 1.69. The first-order valence-corrected chi connectivity index (χ1v) is 5.84. The Balaban J connectivity index is 1.92. The van der Waals surface area contributed by atoms with E-state index in [9.17, 15) is 0 Å². The molecule has 0 aliphatic rings. The molecule has 0 N–H and O–H groups in total. The third-order valence-corrected chi connectivity index (χ3v) is 2.74. The molecule has 0 fully saturated rings. The Morgan fingerprint density at radius 1 is 1.06 bits per heavy atom. The van der Waals surface area contributed by atoms with Crippen molar-refractivity contribution in [2.45, 2.75) is 20.3 Å². The molecule has 2 heteroatoms. The van der Waals surface area contributed by atoms with E-state index in [1.54, 1.807) is 0 Å². The Bertz CT molecular complexity index is 480. The molecule has 0 spiro atoms. The maximum absolute atomic E-state index is 5.80. The van der Waals surface area contributed by atoms with Crippen LogP contribution < -0.4 is 4.74 Å². The van der Waals surface area contributed by atoms with E-state index in [0.717, 1.165) is 12.2 Å². The maximum atomic E-state index is 5.80. The van der Waals surface area contributed by atoms with E-state index in [-0.39, 0.29) is 0 Å². The number of benzene rings is 1. The highest BCUT2D eigenvalue weighted by Gasteiger charge is 2.00. The summed E-state index contributed by atoms with van der Waals surface area (Å²) in [6.45, 7) is 4.85. The van der Waals surface area contributed by atoms with E-state index in [4.69, 9.17) is 4.74 Å². The normalized spacial score (nSPS) is 10.2. The maximum Gasteiger partial charge on any atom is 0.122 e. The van der Waals surface area contributed by atoms with Crippen molar-refractivity contribution in [2.75, 3.05) is 6.61 Å². The molecule has 1 aromatic heterocycles. The molecular weight excluding hydrogens is 210 g/mol. The van der Waals surface area contributed by atoms with Crippen LogP contribution in [0.5, 0.6) is 5.75 Å². The van der Waals surface area contributed by atoms with Crippen LogP contribution in [0, 0.1) is 13.8 Å². The van der Waals surface area contributed by atoms with Gasteiger partial charge in [0.25, 0.3) is 0 Å². The smallest absolute Gasteiger partial charge is 0.122 e. The van der Waals surface area contributed by atoms with Crippen molar-refractivity contribution in [3.63, 3.8) is 0 Å². The highest BCUT2D eigenvalue weighted by atomic mass is 16.5. The van der Waals surface area contributed by atoms with Gasteiger partial charge in [-0.25, -0.2) is 0 Å². The second-order valence-corrected chi connectivity index (χ2v) is 4.22. The molecule has 0 amide bonds. The Morgan fingerprint density at radius 3 is 2.59 bits per heavy atom. The van der Waals surface area contributed by atoms with E-state index in [0.29, 0.717) is 6.61 Å². The zero-order valence-electron chi connectivity index (χ0n) is 10.3. The summed E-state index contributed by atoms with van der Waals surface area (Å²) in [5.41, 5.74) is 3.67. The number of aromatic nitrogens is 1. The van der Waals surface area contributed by atoms with Gasteiger partial charge in [-0.15, -0.1) is 0 Å². The first-order valence-electron chi connectivity index (χ1n) is 5.84. The zero-order valence-corrected chi connectivity index (χ0v) is 10.3. The highest BCUT2D eigenvalue weighted by Crippen LogP contribution is 2.19. The predicted molar refractivity (Wildman–Crippen MR) is 69.4 cm³/mol. The first-order chi connectivity index (χ1) is 8.25. The quantitative estimate of drug-likeness (QED) is 0.799. The minimum Gasteiger partial charge on any atom is -0.493 e. The molecule has 2 nitrogen and oxygen atoms in total. The summed E-state index contributed by atoms with van der Waals surface area (Å²) < 4.78 is 5.80. The second-order valence-electron chi connectivity index (χ2n) is 4.22. The monoisotopic (exact) mass is 227 g/mol. The Hall–Kier alpha value is -1.83. The Kier molecular flexibility index (Phi) is 3.76. The van der Waals surface area contributed by atoms with Crippen LogP contribution in [0.15, 0.2) is 42.7 Å². The lowest BCUT2D eigenvalue weighted by molar-refractivity contribution is 0.319. The molecule has 1 aromatic carbocycles. The van der Waals surface area contributed by atoms with E-state index in [1.165, 1.54) is 16.7 Å². The molecule has 0 aliphatic heterocycles. The summed E-state index contributed by atoms with van der Waals surface area (Å²) in [4.78, 5) is 4.00. The van der Waals surface area contributed by atoms with Gasteiger partial charge < -0.3 is 4.74 Å². The number of nitrogens with zero attached hydrogens (tertiary/aromatic N) is 1. The second kappa shape index (κ2) is 5.48. The minimum absolute atomic E-state index is 0.703. The molecule has 2 rings (SSSR count). The van der Waals surface area contributed by atoms with Crippen LogP contribution >= 0.6 is 0 Å². The van der Waals surface area contributed by atoms with Gasteiger partial charge in [0, 0.05) is 18.8 Å². The number of aryl methyl sites for hydroxylation is 2. The summed E-state index contributed by atoms with van der Waals surface area (Å²) in [5, 5.41) is 0. The Labute approximate surface area is 102 Å². The third-order valence-electron chi connectivity index (χ3n) is 2.74. The summed E-state index contributed by atoms with van der Waals surface area (Å²) >= 11 is 0. The van der Waals surface area contributed by atoms with Crippen molar-refractivity contribution in [1.82, 2.24) is 4.98 Å². The van der Waals surface area contributed by atoms with Crippen LogP contribution in [-0.4, -0.2) is 11.6 Å². The van der Waals surface area contributed by atoms with Crippen molar-refractivity contribution >= 4 is 0 Å². The predicted octanol–water partition coefficient (Wildman–Crippen LogP) is 3.32. The SMILES string of the molecule is Cc1ccc(C)c(OCCc2ccncc2)c1. The largest absolute Gasteiger partial charge is 0.493 e. The lowest BCUT2D eigenvalue weighted by atomic mass is 10.1. The molecule has 2 aromatic rings. The molecular formula is C15H17NO. The summed E-state index contributed by atoms with van der Waals surface area (Å²) in [6.07, 6.45) is 4.54. The van der Waals surface area contributed by atoms with Gasteiger partial charge in [-0.2, -0.15) is 0 Å². The van der Waals surface area contributed by atoms with Gasteiger partial charge in [-0.1, -0.05) is 12.1 Å². The van der Waals surface area contributed by atoms with Crippen molar-refractivity contribution in [3.8, 4) is 5.75 Å². The van der Waals surface area contributed by atoms with E-state index in [2.05, 4.69) is 37.0 Å². The molecule has 0 aliphatic carbocycles. The number of hydrogen-bond acceptors (Lipinski definition) is 2. The van der Waals surface area contributed by atoms with Gasteiger partial charge in [0.05, 0.1) is 6.61 Å². The van der Waals surface area contributed by atoms with Crippen LogP contribution in [-0.2, 0) is 6.42 Å². The lowest BCUT2D eigenvalue weighted by Gasteiger charge is -2.09. The molecule has 17 heavy (non-hydrogen) atoms. The van der Waals surface area contributed by atoms with Crippen molar-refractivity contribution < 1.29 is 4.74 Å². The average molecular weight is 227 g/mol. The van der Waals surface area contributed by atoms with E-state index >= 15 is 0 Å². The van der Waals surface area contributed by atoms with Crippen LogP contribution in [0.2, 0.25) is 0 Å². The lowest BCUT2D eigenvalue weighted by Crippen LogP contribution is -2.02. The van der Waals surface area contributed by atoms with Crippen LogP contribution in [0.3, 0.4) is 0 Å². The van der Waals surface area contributed by atoms with E-state index < -0.39 is 0 Å². The topological polar surface area (TPSA) is 22.1 Å². The molecule has 0 atom stereocenters. The highest BCUT2D eigenvalue weighted by molar-refractivity contribution is 5.36. The van der Waals surface area contributed by atoms with Gasteiger partial charge in [0.1, 0.15) is 5.75 Å². The number of hydrogen-bond donors (Lipinski definition) is 0. The fourth-order valence-electron chi connectivity index (χ4n) is 1.69. The van der Waals surface area contributed by atoms with Gasteiger partial charge in [0.2, 0.25) is 0 Å². The van der Waals surface area contributed by atoms with Gasteiger partial charge >= 0.3 is 0 Å². The molecule has 0 bridgehead atoms. The number of pyridine rings is 1. The van der Waals surface area contributed by atoms with Crippen LogP contribution in [0.25, 0.3) is 0 Å². The number of rotatable bonds is 4. The zero-order chi connectivity index (χ0) is 12.1. The standard InChI is InChI=1S/C15H17NO/c1-12-3-4-13(2)15(11-12)17-10-7-14-5-8-16-9-6-14/h3-6,8-9,11H,7,10H2,1-2H3. The molecule has 0 radical (unpaired) electrons. The van der Waals surface area contributed by atoms with Crippen LogP contribution in [0.1, 0.15) is 16.7 Å². The molecule has 0 saturated heterocycles. The third kappa shape index (κ3) is 3.31. The van der Waals surface area contributed by atoms with Gasteiger partial charge in [-0.3, -0.25) is 4.98 Å². The van der Waals surface area contributed by atoms with Crippen molar-refractivity contribution in [1.29, 1.82) is 0 Å². The molecule has 1 heterocycles.